The number of carboxylic acid groups (broad SMARTS) is 1. The maximum atomic E-state index is 13.5. The van der Waals surface area contributed by atoms with Crippen LogP contribution in [0.15, 0.2) is 24.3 Å². The van der Waals surface area contributed by atoms with Crippen molar-refractivity contribution in [3.8, 4) is 5.75 Å². The molecule has 5 amide bonds. The third-order valence-electron chi connectivity index (χ3n) is 6.15. The molecule has 15 nitrogen and oxygen atoms in total. The first kappa shape index (κ1) is 37.1. The molecule has 0 spiro atoms. The Bertz CT molecular complexity index is 1120. The third kappa shape index (κ3) is 13.8. The van der Waals surface area contributed by atoms with Crippen molar-refractivity contribution in [2.45, 2.75) is 69.7 Å². The second kappa shape index (κ2) is 18.6. The Kier molecular flexibility index (Phi) is 16.1. The predicted molar refractivity (Wildman–Crippen MR) is 158 cm³/mol. The van der Waals surface area contributed by atoms with Gasteiger partial charge in [0.1, 0.15) is 29.9 Å². The number of hydrogen-bond acceptors (Lipinski definition) is 10. The van der Waals surface area contributed by atoms with Crippen molar-refractivity contribution in [2.75, 3.05) is 18.6 Å². The summed E-state index contributed by atoms with van der Waals surface area (Å²) in [6.07, 6.45) is 1.54. The molecule has 1 rings (SSSR count). The van der Waals surface area contributed by atoms with Gasteiger partial charge >= 0.3 is 5.97 Å². The molecule has 0 heterocycles. The van der Waals surface area contributed by atoms with E-state index in [9.17, 15) is 44.1 Å². The van der Waals surface area contributed by atoms with Gasteiger partial charge in [-0.25, -0.2) is 4.79 Å². The van der Waals surface area contributed by atoms with E-state index in [2.05, 4.69) is 21.3 Å². The Morgan fingerprint density at radius 1 is 0.837 bits per heavy atom. The summed E-state index contributed by atoms with van der Waals surface area (Å²) >= 11 is 1.39. The molecule has 0 unspecified atom stereocenters. The van der Waals surface area contributed by atoms with Crippen LogP contribution in [-0.4, -0.2) is 99.6 Å². The van der Waals surface area contributed by atoms with Gasteiger partial charge in [-0.2, -0.15) is 11.8 Å². The number of phenolic OH excluding ortho intramolecular Hbond substituents is 1. The number of primary amides is 1. The fraction of sp³-hybridized carbons (Fsp3) is 0.556. The summed E-state index contributed by atoms with van der Waals surface area (Å²) < 4.78 is 0. The molecule has 0 aliphatic rings. The quantitative estimate of drug-likeness (QED) is 0.0807. The lowest BCUT2D eigenvalue weighted by Gasteiger charge is -2.27. The van der Waals surface area contributed by atoms with Crippen molar-refractivity contribution in [3.05, 3.63) is 29.8 Å². The number of rotatable bonds is 19. The summed E-state index contributed by atoms with van der Waals surface area (Å²) in [4.78, 5) is 74.9. The van der Waals surface area contributed by atoms with Gasteiger partial charge in [0.15, 0.2) is 0 Å². The number of aromatic hydroxyl groups is 1. The van der Waals surface area contributed by atoms with Crippen molar-refractivity contribution in [2.24, 2.45) is 17.4 Å². The molecule has 11 N–H and O–H groups in total. The lowest BCUT2D eigenvalue weighted by atomic mass is 10.00. The maximum Gasteiger partial charge on any atom is 0.328 e. The van der Waals surface area contributed by atoms with Crippen LogP contribution in [0.25, 0.3) is 0 Å². The first-order valence-corrected chi connectivity index (χ1v) is 14.9. The normalized spacial score (nSPS) is 14.5. The molecule has 0 aromatic heterocycles. The van der Waals surface area contributed by atoms with Gasteiger partial charge in [-0.05, 0) is 48.5 Å². The molecule has 0 saturated heterocycles. The van der Waals surface area contributed by atoms with Crippen LogP contribution in [0.1, 0.15) is 38.7 Å². The topological polar surface area (TPSA) is 263 Å². The van der Waals surface area contributed by atoms with Crippen LogP contribution in [0, 0.1) is 5.92 Å². The predicted octanol–water partition coefficient (Wildman–Crippen LogP) is -2.05. The Morgan fingerprint density at radius 2 is 1.35 bits per heavy atom. The number of carbonyl (C=O) groups excluding carboxylic acids is 5. The van der Waals surface area contributed by atoms with Crippen LogP contribution in [-0.2, 0) is 35.2 Å². The molecule has 1 aromatic rings. The highest BCUT2D eigenvalue weighted by atomic mass is 32.2. The number of thioether (sulfide) groups is 1. The SMILES string of the molecule is CSCC[C@H](NC(=O)[C@H](CC(C)C)NC(=O)[C@H](Cc1ccc(O)cc1)NC(=O)[C@@H](N)CC(N)=O)C(=O)N[C@@H](CO)C(=O)O. The fourth-order valence-corrected chi connectivity index (χ4v) is 4.35. The van der Waals surface area contributed by atoms with Crippen molar-refractivity contribution in [1.82, 2.24) is 21.3 Å². The highest BCUT2D eigenvalue weighted by Gasteiger charge is 2.32. The number of aliphatic hydroxyl groups is 1. The number of nitrogens with one attached hydrogen (secondary N) is 4. The van der Waals surface area contributed by atoms with Crippen LogP contribution < -0.4 is 32.7 Å². The molecule has 5 atom stereocenters. The summed E-state index contributed by atoms with van der Waals surface area (Å²) in [6, 6.07) is -0.622. The number of hydrogen-bond donors (Lipinski definition) is 9. The second-order valence-corrected chi connectivity index (χ2v) is 11.3. The van der Waals surface area contributed by atoms with Gasteiger partial charge in [0.05, 0.1) is 19.1 Å². The number of nitrogens with two attached hydrogens (primary N) is 2. The average molecular weight is 627 g/mol. The van der Waals surface area contributed by atoms with Crippen LogP contribution in [0.5, 0.6) is 5.75 Å². The lowest BCUT2D eigenvalue weighted by molar-refractivity contribution is -0.143. The highest BCUT2D eigenvalue weighted by Crippen LogP contribution is 2.13. The summed E-state index contributed by atoms with van der Waals surface area (Å²) in [6.45, 7) is 2.76. The Balaban J connectivity index is 3.22. The van der Waals surface area contributed by atoms with Crippen molar-refractivity contribution < 1.29 is 44.1 Å². The minimum atomic E-state index is -1.57. The highest BCUT2D eigenvalue weighted by molar-refractivity contribution is 7.98. The molecule has 0 fully saturated rings. The van der Waals surface area contributed by atoms with E-state index in [1.807, 2.05) is 13.8 Å². The number of aliphatic carboxylic acids is 1. The van der Waals surface area contributed by atoms with E-state index in [-0.39, 0.29) is 30.9 Å². The van der Waals surface area contributed by atoms with E-state index in [1.165, 1.54) is 36.0 Å². The molecule has 240 valence electrons. The van der Waals surface area contributed by atoms with E-state index in [4.69, 9.17) is 11.5 Å². The zero-order valence-corrected chi connectivity index (χ0v) is 25.2. The number of phenols is 1. The van der Waals surface area contributed by atoms with E-state index < -0.39 is 78.7 Å². The zero-order chi connectivity index (χ0) is 32.7. The minimum absolute atomic E-state index is 0.0142. The largest absolute Gasteiger partial charge is 0.508 e. The smallest absolute Gasteiger partial charge is 0.328 e. The number of carbonyl (C=O) groups is 6. The van der Waals surface area contributed by atoms with Gasteiger partial charge in [0.25, 0.3) is 0 Å². The Hall–Kier alpha value is -3.89. The van der Waals surface area contributed by atoms with E-state index in [0.29, 0.717) is 11.3 Å². The van der Waals surface area contributed by atoms with Crippen molar-refractivity contribution in [3.63, 3.8) is 0 Å². The molecular formula is C27H42N6O9S. The lowest BCUT2D eigenvalue weighted by Crippen LogP contribution is -2.59. The van der Waals surface area contributed by atoms with Gasteiger partial charge in [-0.3, -0.25) is 24.0 Å². The van der Waals surface area contributed by atoms with E-state index in [0.717, 1.165) is 0 Å². The molecule has 0 aliphatic carbocycles. The first-order chi connectivity index (χ1) is 20.2. The summed E-state index contributed by atoms with van der Waals surface area (Å²) in [5.41, 5.74) is 11.4. The van der Waals surface area contributed by atoms with Crippen LogP contribution >= 0.6 is 11.8 Å². The van der Waals surface area contributed by atoms with Crippen molar-refractivity contribution in [1.29, 1.82) is 0 Å². The van der Waals surface area contributed by atoms with Crippen molar-refractivity contribution >= 4 is 47.3 Å². The van der Waals surface area contributed by atoms with Gasteiger partial charge < -0.3 is 48.1 Å². The molecule has 1 aromatic carbocycles. The number of amides is 5. The summed E-state index contributed by atoms with van der Waals surface area (Å²) in [5.74, 6) is -5.08. The van der Waals surface area contributed by atoms with Crippen LogP contribution in [0.2, 0.25) is 0 Å². The number of benzene rings is 1. The molecular weight excluding hydrogens is 584 g/mol. The van der Waals surface area contributed by atoms with Crippen LogP contribution in [0.4, 0.5) is 0 Å². The van der Waals surface area contributed by atoms with E-state index >= 15 is 0 Å². The second-order valence-electron chi connectivity index (χ2n) is 10.3. The molecule has 0 radical (unpaired) electrons. The standard InChI is InChI=1S/C27H42N6O9S/c1-14(2)10-19(25(39)30-18(8-9-43-3)24(38)33-21(13-34)27(41)42)32-26(40)20(11-15-4-6-16(35)7-5-15)31-23(37)17(28)12-22(29)36/h4-7,14,17-21,34-35H,8-13,28H2,1-3H3,(H2,29,36)(H,30,39)(H,31,37)(H,32,40)(H,33,38)(H,41,42)/t17-,18-,19-,20-,21-/m0/s1. The van der Waals surface area contributed by atoms with E-state index in [1.54, 1.807) is 6.26 Å². The third-order valence-corrected chi connectivity index (χ3v) is 6.79. The Labute approximate surface area is 253 Å². The molecule has 0 bridgehead atoms. The summed E-state index contributed by atoms with van der Waals surface area (Å²) in [7, 11) is 0. The average Bonchev–Trinajstić information content (AvgIpc) is 2.93. The van der Waals surface area contributed by atoms with Gasteiger partial charge in [0.2, 0.25) is 29.5 Å². The van der Waals surface area contributed by atoms with Gasteiger partial charge in [0, 0.05) is 6.42 Å². The minimum Gasteiger partial charge on any atom is -0.508 e. The molecule has 0 aliphatic heterocycles. The van der Waals surface area contributed by atoms with Gasteiger partial charge in [-0.15, -0.1) is 0 Å². The molecule has 16 heteroatoms. The van der Waals surface area contributed by atoms with Crippen LogP contribution in [0.3, 0.4) is 0 Å². The first-order valence-electron chi connectivity index (χ1n) is 13.5. The summed E-state index contributed by atoms with van der Waals surface area (Å²) in [5, 5.41) is 37.9. The zero-order valence-electron chi connectivity index (χ0n) is 24.4. The molecule has 43 heavy (non-hydrogen) atoms. The number of aliphatic hydroxyl groups excluding tert-OH is 1. The number of carboxylic acids is 1. The monoisotopic (exact) mass is 626 g/mol. The Morgan fingerprint density at radius 3 is 1.86 bits per heavy atom. The maximum absolute atomic E-state index is 13.5. The molecule has 0 saturated carbocycles. The fourth-order valence-electron chi connectivity index (χ4n) is 3.88. The van der Waals surface area contributed by atoms with Gasteiger partial charge in [-0.1, -0.05) is 26.0 Å².